The first kappa shape index (κ1) is 22.5. The van der Waals surface area contributed by atoms with Crippen LogP contribution >= 0.6 is 28.7 Å². The molecule has 3 heterocycles. The molecule has 168 valence electrons. The molecule has 0 atom stereocenters. The highest BCUT2D eigenvalue weighted by Gasteiger charge is 2.34. The summed E-state index contributed by atoms with van der Waals surface area (Å²) in [7, 11) is 1.63. The predicted molar refractivity (Wildman–Crippen MR) is 132 cm³/mol. The molecular formula is C23H24BrN3O4S. The zero-order chi connectivity index (χ0) is 21.2. The average molecular weight is 518 g/mol. The number of rotatable bonds is 7. The van der Waals surface area contributed by atoms with Crippen LogP contribution in [0.2, 0.25) is 0 Å². The SMILES string of the molecule is Br.COc1cc(C2=CSC3=NCCN23)c2c(c1)N(CCCOc1ccccc1)C(=O)CO2. The number of aliphatic imine (C=N–C) groups is 1. The van der Waals surface area contributed by atoms with E-state index in [0.29, 0.717) is 31.1 Å². The van der Waals surface area contributed by atoms with E-state index in [1.54, 1.807) is 23.8 Å². The number of amides is 1. The Morgan fingerprint density at radius 2 is 2.03 bits per heavy atom. The number of methoxy groups -OCH3 is 1. The number of nitrogens with zero attached hydrogens (tertiary/aromatic N) is 3. The van der Waals surface area contributed by atoms with Crippen molar-refractivity contribution in [1.82, 2.24) is 4.90 Å². The normalized spacial score (nSPS) is 16.5. The molecule has 0 radical (unpaired) electrons. The number of ether oxygens (including phenoxy) is 3. The van der Waals surface area contributed by atoms with Crippen molar-refractivity contribution in [2.75, 3.05) is 44.9 Å². The van der Waals surface area contributed by atoms with Gasteiger partial charge in [0.25, 0.3) is 5.91 Å². The van der Waals surface area contributed by atoms with Crippen LogP contribution in [0.15, 0.2) is 52.9 Å². The van der Waals surface area contributed by atoms with Crippen molar-refractivity contribution in [3.63, 3.8) is 0 Å². The van der Waals surface area contributed by atoms with Crippen LogP contribution in [0, 0.1) is 0 Å². The number of hydrogen-bond acceptors (Lipinski definition) is 7. The first-order valence-electron chi connectivity index (χ1n) is 10.3. The summed E-state index contributed by atoms with van der Waals surface area (Å²) in [6.45, 7) is 2.72. The van der Waals surface area contributed by atoms with Gasteiger partial charge in [-0.1, -0.05) is 30.0 Å². The van der Waals surface area contributed by atoms with Crippen LogP contribution in [-0.4, -0.2) is 55.9 Å². The summed E-state index contributed by atoms with van der Waals surface area (Å²) in [5.41, 5.74) is 2.70. The molecule has 3 aliphatic rings. The number of carbonyl (C=O) groups excluding carboxylic acids is 1. The molecule has 0 N–H and O–H groups in total. The zero-order valence-electron chi connectivity index (χ0n) is 17.7. The Kier molecular flexibility index (Phi) is 6.95. The van der Waals surface area contributed by atoms with E-state index in [2.05, 4.69) is 15.3 Å². The maximum atomic E-state index is 12.7. The number of hydrogen-bond donors (Lipinski definition) is 0. The van der Waals surface area contributed by atoms with Crippen molar-refractivity contribution < 1.29 is 19.0 Å². The molecule has 2 aromatic carbocycles. The van der Waals surface area contributed by atoms with Gasteiger partial charge in [-0.3, -0.25) is 9.79 Å². The van der Waals surface area contributed by atoms with Crippen molar-refractivity contribution in [1.29, 1.82) is 0 Å². The molecule has 0 saturated heterocycles. The van der Waals surface area contributed by atoms with Crippen LogP contribution < -0.4 is 19.1 Å². The van der Waals surface area contributed by atoms with E-state index in [1.165, 1.54) is 0 Å². The summed E-state index contributed by atoms with van der Waals surface area (Å²) < 4.78 is 17.3. The van der Waals surface area contributed by atoms with Gasteiger partial charge in [0, 0.05) is 30.1 Å². The summed E-state index contributed by atoms with van der Waals surface area (Å²) in [6, 6.07) is 13.5. The first-order valence-corrected chi connectivity index (χ1v) is 11.1. The Hall–Kier alpha value is -2.65. The van der Waals surface area contributed by atoms with Gasteiger partial charge in [0.1, 0.15) is 11.5 Å². The molecular weight excluding hydrogens is 494 g/mol. The van der Waals surface area contributed by atoms with Crippen LogP contribution in [0.4, 0.5) is 5.69 Å². The molecule has 0 aliphatic carbocycles. The fraction of sp³-hybridized carbons (Fsp3) is 0.304. The third kappa shape index (κ3) is 4.31. The predicted octanol–water partition coefficient (Wildman–Crippen LogP) is 4.18. The molecule has 0 saturated carbocycles. The van der Waals surface area contributed by atoms with Crippen LogP contribution in [0.25, 0.3) is 5.70 Å². The van der Waals surface area contributed by atoms with Gasteiger partial charge in [-0.2, -0.15) is 0 Å². The van der Waals surface area contributed by atoms with Crippen molar-refractivity contribution in [2.24, 2.45) is 4.99 Å². The fourth-order valence-electron chi connectivity index (χ4n) is 3.90. The Morgan fingerprint density at radius 3 is 2.84 bits per heavy atom. The van der Waals surface area contributed by atoms with E-state index in [-0.39, 0.29) is 29.5 Å². The molecule has 32 heavy (non-hydrogen) atoms. The molecule has 2 aromatic rings. The van der Waals surface area contributed by atoms with E-state index in [4.69, 9.17) is 14.2 Å². The average Bonchev–Trinajstić information content (AvgIpc) is 3.42. The number of halogens is 1. The van der Waals surface area contributed by atoms with Crippen LogP contribution in [0.5, 0.6) is 17.2 Å². The molecule has 0 fully saturated rings. The van der Waals surface area contributed by atoms with E-state index < -0.39 is 0 Å². The van der Waals surface area contributed by atoms with Gasteiger partial charge in [-0.05, 0) is 24.6 Å². The third-order valence-electron chi connectivity index (χ3n) is 5.39. The molecule has 0 spiro atoms. The summed E-state index contributed by atoms with van der Waals surface area (Å²) in [5.74, 6) is 2.16. The lowest BCUT2D eigenvalue weighted by atomic mass is 10.1. The Bertz CT molecular complexity index is 1060. The minimum absolute atomic E-state index is 0. The van der Waals surface area contributed by atoms with E-state index in [0.717, 1.165) is 41.0 Å². The summed E-state index contributed by atoms with van der Waals surface area (Å²) in [5, 5.41) is 3.10. The van der Waals surface area contributed by atoms with Crippen molar-refractivity contribution in [3.05, 3.63) is 53.4 Å². The second-order valence-electron chi connectivity index (χ2n) is 7.31. The second kappa shape index (κ2) is 9.87. The highest BCUT2D eigenvalue weighted by molar-refractivity contribution is 8.93. The quantitative estimate of drug-likeness (QED) is 0.513. The number of fused-ring (bicyclic) bond motifs is 2. The molecule has 1 amide bonds. The Labute approximate surface area is 201 Å². The highest BCUT2D eigenvalue weighted by Crippen LogP contribution is 2.46. The summed E-state index contributed by atoms with van der Waals surface area (Å²) in [6.07, 6.45) is 0.702. The fourth-order valence-corrected chi connectivity index (χ4v) is 4.85. The van der Waals surface area contributed by atoms with Gasteiger partial charge in [-0.25, -0.2) is 0 Å². The van der Waals surface area contributed by atoms with Crippen molar-refractivity contribution >= 4 is 51.2 Å². The second-order valence-corrected chi connectivity index (χ2v) is 8.15. The van der Waals surface area contributed by atoms with Crippen molar-refractivity contribution in [2.45, 2.75) is 6.42 Å². The minimum Gasteiger partial charge on any atom is -0.497 e. The number of benzene rings is 2. The van der Waals surface area contributed by atoms with Crippen LogP contribution in [0.1, 0.15) is 12.0 Å². The largest absolute Gasteiger partial charge is 0.497 e. The van der Waals surface area contributed by atoms with E-state index in [1.807, 2.05) is 42.5 Å². The molecule has 3 aliphatic heterocycles. The highest BCUT2D eigenvalue weighted by atomic mass is 79.9. The Morgan fingerprint density at radius 1 is 1.19 bits per heavy atom. The molecule has 0 unspecified atom stereocenters. The smallest absolute Gasteiger partial charge is 0.265 e. The van der Waals surface area contributed by atoms with Crippen LogP contribution in [0.3, 0.4) is 0 Å². The lowest BCUT2D eigenvalue weighted by Crippen LogP contribution is -2.40. The minimum atomic E-state index is -0.0652. The molecule has 0 bridgehead atoms. The van der Waals surface area contributed by atoms with Gasteiger partial charge in [0.2, 0.25) is 0 Å². The molecule has 5 rings (SSSR count). The lowest BCUT2D eigenvalue weighted by molar-refractivity contribution is -0.121. The molecule has 7 nitrogen and oxygen atoms in total. The number of thioether (sulfide) groups is 1. The molecule has 0 aromatic heterocycles. The summed E-state index contributed by atoms with van der Waals surface area (Å²) in [4.78, 5) is 21.2. The monoisotopic (exact) mass is 517 g/mol. The van der Waals surface area contributed by atoms with Crippen LogP contribution in [-0.2, 0) is 4.79 Å². The third-order valence-corrected chi connectivity index (χ3v) is 6.29. The number of para-hydroxylation sites is 1. The van der Waals surface area contributed by atoms with E-state index in [9.17, 15) is 4.79 Å². The van der Waals surface area contributed by atoms with Gasteiger partial charge < -0.3 is 24.0 Å². The van der Waals surface area contributed by atoms with Gasteiger partial charge in [0.15, 0.2) is 17.5 Å². The van der Waals surface area contributed by atoms with Gasteiger partial charge in [-0.15, -0.1) is 17.0 Å². The number of carbonyl (C=O) groups is 1. The van der Waals surface area contributed by atoms with Crippen molar-refractivity contribution in [3.8, 4) is 17.2 Å². The number of amidine groups is 1. The zero-order valence-corrected chi connectivity index (χ0v) is 20.2. The topological polar surface area (TPSA) is 63.6 Å². The van der Waals surface area contributed by atoms with Gasteiger partial charge in [0.05, 0.1) is 31.6 Å². The Balaban J connectivity index is 0.00000245. The van der Waals surface area contributed by atoms with Gasteiger partial charge >= 0.3 is 0 Å². The van der Waals surface area contributed by atoms with E-state index >= 15 is 0 Å². The maximum absolute atomic E-state index is 12.7. The first-order chi connectivity index (χ1) is 15.2. The lowest BCUT2D eigenvalue weighted by Gasteiger charge is -2.32. The standard InChI is InChI=1S/C23H23N3O4S.BrH/c1-28-17-12-18(20-15-31-23-24-8-10-26(20)23)22-19(13-17)25(21(27)14-30-22)9-5-11-29-16-6-3-2-4-7-16;/h2-4,6-7,12-13,15H,5,8-11,14H2,1H3;1H. The summed E-state index contributed by atoms with van der Waals surface area (Å²) >= 11 is 1.62. The maximum Gasteiger partial charge on any atom is 0.265 e. The molecule has 9 heteroatoms. The number of anilines is 1.